The van der Waals surface area contributed by atoms with Gasteiger partial charge in [0.05, 0.1) is 12.6 Å². The lowest BCUT2D eigenvalue weighted by Crippen LogP contribution is -2.36. The number of rotatable bonds is 5. The summed E-state index contributed by atoms with van der Waals surface area (Å²) in [5.41, 5.74) is 0. The Labute approximate surface area is 81.3 Å². The van der Waals surface area contributed by atoms with Gasteiger partial charge in [-0.05, 0) is 25.8 Å². The molecular formula is C9H13F3N2. The van der Waals surface area contributed by atoms with Gasteiger partial charge in [-0.15, -0.1) is 0 Å². The molecule has 0 saturated heterocycles. The maximum atomic E-state index is 12.1. The maximum absolute atomic E-state index is 12.1. The third-order valence-corrected chi connectivity index (χ3v) is 2.18. The summed E-state index contributed by atoms with van der Waals surface area (Å²) in [5.74, 6) is 0. The predicted octanol–water partition coefficient (Wildman–Crippen LogP) is 2.32. The molecule has 1 rings (SSSR count). The van der Waals surface area contributed by atoms with Crippen LogP contribution in [-0.4, -0.2) is 30.2 Å². The van der Waals surface area contributed by atoms with Gasteiger partial charge in [-0.25, -0.2) is 0 Å². The van der Waals surface area contributed by atoms with E-state index in [2.05, 4.69) is 0 Å². The van der Waals surface area contributed by atoms with Gasteiger partial charge in [0.25, 0.3) is 0 Å². The van der Waals surface area contributed by atoms with E-state index in [0.29, 0.717) is 19.4 Å². The van der Waals surface area contributed by atoms with Gasteiger partial charge in [-0.3, -0.25) is 4.90 Å². The number of halogens is 3. The quantitative estimate of drug-likeness (QED) is 0.645. The van der Waals surface area contributed by atoms with Crippen molar-refractivity contribution in [3.05, 3.63) is 0 Å². The summed E-state index contributed by atoms with van der Waals surface area (Å²) < 4.78 is 36.3. The van der Waals surface area contributed by atoms with E-state index in [0.717, 1.165) is 12.8 Å². The molecule has 0 heterocycles. The number of nitrogens with zero attached hydrogens (tertiary/aromatic N) is 2. The summed E-state index contributed by atoms with van der Waals surface area (Å²) >= 11 is 0. The third-order valence-electron chi connectivity index (χ3n) is 2.18. The molecule has 1 saturated carbocycles. The highest BCUT2D eigenvalue weighted by molar-refractivity contribution is 4.86. The molecule has 0 unspecified atom stereocenters. The smallest absolute Gasteiger partial charge is 0.292 e. The first kappa shape index (κ1) is 11.3. The Kier molecular flexibility index (Phi) is 3.76. The van der Waals surface area contributed by atoms with Gasteiger partial charge in [-0.2, -0.15) is 18.4 Å². The molecule has 0 aromatic heterocycles. The number of hydrogen-bond donors (Lipinski definition) is 0. The molecule has 14 heavy (non-hydrogen) atoms. The number of unbranched alkanes of at least 4 members (excludes halogenated alkanes) is 1. The molecule has 0 aromatic carbocycles. The molecule has 0 aliphatic heterocycles. The predicted molar refractivity (Wildman–Crippen MR) is 45.5 cm³/mol. The highest BCUT2D eigenvalue weighted by Crippen LogP contribution is 2.30. The average Bonchev–Trinajstić information content (AvgIpc) is 2.83. The van der Waals surface area contributed by atoms with E-state index in [1.165, 1.54) is 4.90 Å². The van der Waals surface area contributed by atoms with Crippen molar-refractivity contribution in [3.63, 3.8) is 0 Å². The summed E-state index contributed by atoms with van der Waals surface area (Å²) in [6, 6.07) is 2.04. The van der Waals surface area contributed by atoms with Crippen LogP contribution < -0.4 is 0 Å². The number of hydrogen-bond acceptors (Lipinski definition) is 2. The van der Waals surface area contributed by atoms with Gasteiger partial charge >= 0.3 is 6.18 Å². The maximum Gasteiger partial charge on any atom is 0.401 e. The van der Waals surface area contributed by atoms with Gasteiger partial charge in [0.1, 0.15) is 0 Å². The Hall–Kier alpha value is -0.760. The highest BCUT2D eigenvalue weighted by Gasteiger charge is 2.37. The third kappa shape index (κ3) is 4.47. The monoisotopic (exact) mass is 206 g/mol. The van der Waals surface area contributed by atoms with Crippen molar-refractivity contribution in [1.82, 2.24) is 4.90 Å². The fraction of sp³-hybridized carbons (Fsp3) is 0.889. The summed E-state index contributed by atoms with van der Waals surface area (Å²) in [6.07, 6.45) is -1.52. The van der Waals surface area contributed by atoms with Crippen LogP contribution in [0.5, 0.6) is 0 Å². The second-order valence-electron chi connectivity index (χ2n) is 3.58. The summed E-state index contributed by atoms with van der Waals surface area (Å²) in [7, 11) is 0. The Bertz CT molecular complexity index is 215. The molecule has 1 fully saturated rings. The Morgan fingerprint density at radius 1 is 1.36 bits per heavy atom. The fourth-order valence-electron chi connectivity index (χ4n) is 1.42. The molecule has 0 spiro atoms. The molecule has 0 atom stereocenters. The molecule has 0 N–H and O–H groups in total. The lowest BCUT2D eigenvalue weighted by atomic mass is 10.3. The minimum atomic E-state index is -4.12. The van der Waals surface area contributed by atoms with Crippen molar-refractivity contribution in [3.8, 4) is 6.07 Å². The molecular weight excluding hydrogens is 193 g/mol. The van der Waals surface area contributed by atoms with Gasteiger partial charge in [-0.1, -0.05) is 0 Å². The number of nitriles is 1. The molecule has 0 amide bonds. The van der Waals surface area contributed by atoms with Crippen LogP contribution in [0.25, 0.3) is 0 Å². The van der Waals surface area contributed by atoms with Crippen LogP contribution in [-0.2, 0) is 0 Å². The zero-order valence-electron chi connectivity index (χ0n) is 7.85. The first-order valence-electron chi connectivity index (χ1n) is 4.70. The van der Waals surface area contributed by atoms with Gasteiger partial charge < -0.3 is 0 Å². The van der Waals surface area contributed by atoms with Gasteiger partial charge in [0.2, 0.25) is 0 Å². The first-order chi connectivity index (χ1) is 6.53. The largest absolute Gasteiger partial charge is 0.401 e. The van der Waals surface area contributed by atoms with E-state index < -0.39 is 12.7 Å². The summed E-state index contributed by atoms with van der Waals surface area (Å²) in [6.45, 7) is -0.444. The highest BCUT2D eigenvalue weighted by atomic mass is 19.4. The SMILES string of the molecule is N#CCCCN(CC(F)(F)F)C1CC1. The minimum Gasteiger partial charge on any atom is -0.292 e. The van der Waals surface area contributed by atoms with Crippen molar-refractivity contribution in [2.45, 2.75) is 37.9 Å². The van der Waals surface area contributed by atoms with Gasteiger partial charge in [0.15, 0.2) is 0 Å². The topological polar surface area (TPSA) is 27.0 Å². The average molecular weight is 206 g/mol. The molecule has 0 bridgehead atoms. The molecule has 2 nitrogen and oxygen atoms in total. The van der Waals surface area contributed by atoms with Crippen LogP contribution in [0.2, 0.25) is 0 Å². The van der Waals surface area contributed by atoms with Crippen molar-refractivity contribution >= 4 is 0 Å². The van der Waals surface area contributed by atoms with Crippen LogP contribution in [0, 0.1) is 11.3 Å². The van der Waals surface area contributed by atoms with Crippen LogP contribution >= 0.6 is 0 Å². The standard InChI is InChI=1S/C9H13F3N2/c10-9(11,12)7-14(8-3-4-8)6-2-1-5-13/h8H,1-4,6-7H2. The van der Waals surface area contributed by atoms with Crippen LogP contribution in [0.3, 0.4) is 0 Å². The Balaban J connectivity index is 2.29. The first-order valence-corrected chi connectivity index (χ1v) is 4.70. The van der Waals surface area contributed by atoms with Crippen molar-refractivity contribution in [1.29, 1.82) is 5.26 Å². The molecule has 1 aliphatic carbocycles. The summed E-state index contributed by atoms with van der Waals surface area (Å²) in [4.78, 5) is 1.44. The Morgan fingerprint density at radius 2 is 2.00 bits per heavy atom. The Morgan fingerprint density at radius 3 is 2.43 bits per heavy atom. The van der Waals surface area contributed by atoms with Crippen LogP contribution in [0.15, 0.2) is 0 Å². The van der Waals surface area contributed by atoms with E-state index >= 15 is 0 Å². The van der Waals surface area contributed by atoms with Crippen molar-refractivity contribution in [2.24, 2.45) is 0 Å². The molecule has 80 valence electrons. The number of alkyl halides is 3. The molecule has 1 aliphatic rings. The van der Waals surface area contributed by atoms with Crippen LogP contribution in [0.1, 0.15) is 25.7 Å². The van der Waals surface area contributed by atoms with E-state index in [-0.39, 0.29) is 6.04 Å². The summed E-state index contributed by atoms with van der Waals surface area (Å²) in [5, 5.41) is 8.28. The minimum absolute atomic E-state index is 0.107. The van der Waals surface area contributed by atoms with Crippen molar-refractivity contribution in [2.75, 3.05) is 13.1 Å². The molecule has 0 radical (unpaired) electrons. The second-order valence-corrected chi connectivity index (χ2v) is 3.58. The normalized spacial score (nSPS) is 17.1. The lowest BCUT2D eigenvalue weighted by molar-refractivity contribution is -0.147. The molecule has 0 aromatic rings. The van der Waals surface area contributed by atoms with E-state index in [4.69, 9.17) is 5.26 Å². The van der Waals surface area contributed by atoms with Gasteiger partial charge in [0, 0.05) is 12.5 Å². The zero-order chi connectivity index (χ0) is 10.6. The van der Waals surface area contributed by atoms with E-state index in [1.807, 2.05) is 6.07 Å². The molecule has 5 heteroatoms. The van der Waals surface area contributed by atoms with Crippen molar-refractivity contribution < 1.29 is 13.2 Å². The van der Waals surface area contributed by atoms with Crippen LogP contribution in [0.4, 0.5) is 13.2 Å². The second kappa shape index (κ2) is 4.65. The zero-order valence-corrected chi connectivity index (χ0v) is 7.85. The fourth-order valence-corrected chi connectivity index (χ4v) is 1.42. The van der Waals surface area contributed by atoms with E-state index in [9.17, 15) is 13.2 Å². The van der Waals surface area contributed by atoms with E-state index in [1.54, 1.807) is 0 Å². The lowest BCUT2D eigenvalue weighted by Gasteiger charge is -2.22.